The van der Waals surface area contributed by atoms with E-state index in [2.05, 4.69) is 264 Å². The molecule has 0 spiro atoms. The van der Waals surface area contributed by atoms with Crippen LogP contribution >= 0.6 is 22.7 Å². The number of aromatic nitrogens is 4. The summed E-state index contributed by atoms with van der Waals surface area (Å²) in [5.74, 6) is 0.655. The van der Waals surface area contributed by atoms with Gasteiger partial charge < -0.3 is 9.13 Å². The Kier molecular flexibility index (Phi) is 9.64. The van der Waals surface area contributed by atoms with Crippen LogP contribution in [0, 0.1) is 0 Å². The molecule has 0 atom stereocenters. The topological polar surface area (TPSA) is 35.6 Å². The monoisotopic (exact) mass is 1000 g/mol. The molecule has 0 amide bonds. The Labute approximate surface area is 445 Å². The lowest BCUT2D eigenvalue weighted by molar-refractivity contribution is 1.12. The van der Waals surface area contributed by atoms with Crippen molar-refractivity contribution in [1.82, 2.24) is 19.1 Å². The van der Waals surface area contributed by atoms with Crippen molar-refractivity contribution >= 4 is 107 Å². The van der Waals surface area contributed by atoms with Crippen LogP contribution in [0.2, 0.25) is 0 Å². The summed E-state index contributed by atoms with van der Waals surface area (Å²) in [6.45, 7) is 0. The quantitative estimate of drug-likeness (QED) is 0.159. The summed E-state index contributed by atoms with van der Waals surface area (Å²) in [6, 6.07) is 92.9. The van der Waals surface area contributed by atoms with Crippen LogP contribution in [-0.4, -0.2) is 19.1 Å². The van der Waals surface area contributed by atoms with Crippen LogP contribution in [0.25, 0.3) is 151 Å². The van der Waals surface area contributed by atoms with E-state index in [9.17, 15) is 0 Å². The molecule has 354 valence electrons. The van der Waals surface area contributed by atoms with Gasteiger partial charge in [-0.2, -0.15) is 0 Å². The molecule has 0 radical (unpaired) electrons. The first-order valence-corrected chi connectivity index (χ1v) is 27.3. The molecule has 16 aromatic rings. The largest absolute Gasteiger partial charge is 0.309 e. The minimum absolute atomic E-state index is 0.655. The standard InChI is InChI=1S/C70H42N4S2/c1-3-15-43(16-4-1)60-42-61(44-17-5-2-6-18-44)72-70(71-60)49-35-50(73-62-23-11-7-19-52(62)58-37-45(29-33-64(58)73)47-27-31-56-54-21-9-13-25-66(54)75-68(56)39-47)41-51(36-49)74-63-24-12-8-20-53(63)59-38-46(30-34-65(59)74)48-28-32-57-55-22-10-14-26-67(55)76-69(57)40-48/h1-42H. The van der Waals surface area contributed by atoms with Crippen LogP contribution < -0.4 is 0 Å². The van der Waals surface area contributed by atoms with Crippen LogP contribution in [-0.2, 0) is 0 Å². The molecule has 11 aromatic carbocycles. The van der Waals surface area contributed by atoms with Gasteiger partial charge in [-0.1, -0.05) is 170 Å². The second-order valence-corrected chi connectivity index (χ2v) is 21.9. The lowest BCUT2D eigenvalue weighted by Gasteiger charge is -2.16. The second kappa shape index (κ2) is 17.0. The lowest BCUT2D eigenvalue weighted by atomic mass is 10.0. The summed E-state index contributed by atoms with van der Waals surface area (Å²) in [6.07, 6.45) is 0. The summed E-state index contributed by atoms with van der Waals surface area (Å²) in [4.78, 5) is 10.9. The van der Waals surface area contributed by atoms with Gasteiger partial charge in [-0.05, 0) is 107 Å². The molecule has 76 heavy (non-hydrogen) atoms. The number of rotatable bonds is 7. The van der Waals surface area contributed by atoms with Crippen LogP contribution in [0.4, 0.5) is 0 Å². The molecule has 0 bridgehead atoms. The minimum Gasteiger partial charge on any atom is -0.309 e. The summed E-state index contributed by atoms with van der Waals surface area (Å²) >= 11 is 3.72. The molecule has 0 N–H and O–H groups in total. The van der Waals surface area contributed by atoms with E-state index in [0.29, 0.717) is 5.82 Å². The number of para-hydroxylation sites is 2. The number of fused-ring (bicyclic) bond motifs is 12. The molecule has 0 aliphatic rings. The van der Waals surface area contributed by atoms with Gasteiger partial charge in [0.25, 0.3) is 0 Å². The number of hydrogen-bond donors (Lipinski definition) is 0. The van der Waals surface area contributed by atoms with Crippen LogP contribution in [0.3, 0.4) is 0 Å². The molecule has 16 rings (SSSR count). The van der Waals surface area contributed by atoms with Gasteiger partial charge in [0.05, 0.1) is 33.5 Å². The minimum atomic E-state index is 0.655. The van der Waals surface area contributed by atoms with Crippen molar-refractivity contribution < 1.29 is 0 Å². The van der Waals surface area contributed by atoms with Crippen molar-refractivity contribution in [3.8, 4) is 67.5 Å². The Morgan fingerprint density at radius 1 is 0.237 bits per heavy atom. The number of nitrogens with zero attached hydrogens (tertiary/aromatic N) is 4. The maximum atomic E-state index is 5.43. The third-order valence-electron chi connectivity index (χ3n) is 15.3. The van der Waals surface area contributed by atoms with Crippen LogP contribution in [0.5, 0.6) is 0 Å². The summed E-state index contributed by atoms with van der Waals surface area (Å²) in [5, 5.41) is 10.0. The summed E-state index contributed by atoms with van der Waals surface area (Å²) in [7, 11) is 0. The van der Waals surface area contributed by atoms with Gasteiger partial charge in [0.1, 0.15) is 0 Å². The van der Waals surface area contributed by atoms with E-state index >= 15 is 0 Å². The van der Waals surface area contributed by atoms with Gasteiger partial charge in [0, 0.05) is 90.0 Å². The van der Waals surface area contributed by atoms with Gasteiger partial charge in [0.2, 0.25) is 0 Å². The smallest absolute Gasteiger partial charge is 0.160 e. The van der Waals surface area contributed by atoms with E-state index in [1.165, 1.54) is 84.1 Å². The SMILES string of the molecule is c1ccc(-c2cc(-c3ccccc3)nc(-c3cc(-n4c5ccccc5c5cc(-c6ccc7c(c6)sc6ccccc67)ccc54)cc(-n4c5ccccc5c5cc(-c6ccc7c(c6)sc6ccccc67)ccc54)c3)n2)cc1. The number of thiophene rings is 2. The summed E-state index contributed by atoms with van der Waals surface area (Å²) in [5.41, 5.74) is 16.1. The van der Waals surface area contributed by atoms with Crippen molar-refractivity contribution in [2.75, 3.05) is 0 Å². The highest BCUT2D eigenvalue weighted by molar-refractivity contribution is 7.26. The molecule has 4 nitrogen and oxygen atoms in total. The normalized spacial score (nSPS) is 11.9. The first-order chi connectivity index (χ1) is 37.6. The van der Waals surface area contributed by atoms with Gasteiger partial charge in [-0.25, -0.2) is 9.97 Å². The first-order valence-electron chi connectivity index (χ1n) is 25.7. The zero-order valence-corrected chi connectivity index (χ0v) is 42.5. The third-order valence-corrected chi connectivity index (χ3v) is 17.6. The maximum Gasteiger partial charge on any atom is 0.160 e. The zero-order chi connectivity index (χ0) is 49.8. The van der Waals surface area contributed by atoms with Crippen molar-refractivity contribution in [2.24, 2.45) is 0 Å². The second-order valence-electron chi connectivity index (χ2n) is 19.7. The Bertz CT molecular complexity index is 4690. The Morgan fingerprint density at radius 3 is 1.11 bits per heavy atom. The highest BCUT2D eigenvalue weighted by atomic mass is 32.1. The molecule has 6 heteroatoms. The van der Waals surface area contributed by atoms with E-state index in [1.807, 2.05) is 22.7 Å². The van der Waals surface area contributed by atoms with Crippen molar-refractivity contribution in [3.63, 3.8) is 0 Å². The van der Waals surface area contributed by atoms with E-state index in [1.54, 1.807) is 0 Å². The maximum absolute atomic E-state index is 5.43. The molecule has 0 saturated carbocycles. The Balaban J connectivity index is 0.924. The molecular formula is C70H42N4S2. The summed E-state index contributed by atoms with van der Waals surface area (Å²) < 4.78 is 10.1. The van der Waals surface area contributed by atoms with Gasteiger partial charge in [0.15, 0.2) is 5.82 Å². The third kappa shape index (κ3) is 6.89. The fraction of sp³-hybridized carbons (Fsp3) is 0. The lowest BCUT2D eigenvalue weighted by Crippen LogP contribution is -2.02. The van der Waals surface area contributed by atoms with Crippen molar-refractivity contribution in [2.45, 2.75) is 0 Å². The molecule has 0 aliphatic heterocycles. The molecule has 0 unspecified atom stereocenters. The van der Waals surface area contributed by atoms with Gasteiger partial charge >= 0.3 is 0 Å². The van der Waals surface area contributed by atoms with E-state index in [-0.39, 0.29) is 0 Å². The highest BCUT2D eigenvalue weighted by Crippen LogP contribution is 2.43. The Hall–Kier alpha value is -9.46. The van der Waals surface area contributed by atoms with Crippen LogP contribution in [0.1, 0.15) is 0 Å². The van der Waals surface area contributed by atoms with Crippen molar-refractivity contribution in [3.05, 3.63) is 255 Å². The Morgan fingerprint density at radius 2 is 0.618 bits per heavy atom. The fourth-order valence-electron chi connectivity index (χ4n) is 11.7. The van der Waals surface area contributed by atoms with Gasteiger partial charge in [-0.3, -0.25) is 0 Å². The van der Waals surface area contributed by atoms with E-state index in [0.717, 1.165) is 61.5 Å². The van der Waals surface area contributed by atoms with Crippen LogP contribution in [0.15, 0.2) is 255 Å². The average molecular weight is 1000 g/mol. The predicted octanol–water partition coefficient (Wildman–Crippen LogP) is 19.7. The predicted molar refractivity (Wildman–Crippen MR) is 324 cm³/mol. The zero-order valence-electron chi connectivity index (χ0n) is 40.9. The highest BCUT2D eigenvalue weighted by Gasteiger charge is 2.21. The first kappa shape index (κ1) is 43.0. The van der Waals surface area contributed by atoms with E-state index in [4.69, 9.17) is 9.97 Å². The molecule has 0 saturated heterocycles. The van der Waals surface area contributed by atoms with Crippen molar-refractivity contribution in [1.29, 1.82) is 0 Å². The molecular weight excluding hydrogens is 961 g/mol. The average Bonchev–Trinajstić information content (AvgIpc) is 4.28. The van der Waals surface area contributed by atoms with E-state index < -0.39 is 0 Å². The number of benzene rings is 11. The number of hydrogen-bond acceptors (Lipinski definition) is 4. The molecule has 0 fully saturated rings. The van der Waals surface area contributed by atoms with Gasteiger partial charge in [-0.15, -0.1) is 22.7 Å². The fourth-order valence-corrected chi connectivity index (χ4v) is 14.0. The molecule has 5 aromatic heterocycles. The molecule has 0 aliphatic carbocycles. The molecule has 5 heterocycles.